The van der Waals surface area contributed by atoms with Crippen LogP contribution in [0.2, 0.25) is 0 Å². The zero-order valence-corrected chi connectivity index (χ0v) is 16.5. The summed E-state index contributed by atoms with van der Waals surface area (Å²) >= 11 is 0. The highest BCUT2D eigenvalue weighted by Gasteiger charge is 2.44. The van der Waals surface area contributed by atoms with Gasteiger partial charge in [-0.2, -0.15) is 0 Å². The molecule has 0 aromatic rings. The fourth-order valence-electron chi connectivity index (χ4n) is 4.86. The van der Waals surface area contributed by atoms with E-state index < -0.39 is 0 Å². The third-order valence-corrected chi connectivity index (χ3v) is 6.66. The van der Waals surface area contributed by atoms with Crippen LogP contribution in [-0.4, -0.2) is 72.6 Å². The van der Waals surface area contributed by atoms with Crippen molar-refractivity contribution in [2.75, 3.05) is 45.8 Å². The molecule has 0 bridgehead atoms. The van der Waals surface area contributed by atoms with Crippen LogP contribution in [0.3, 0.4) is 0 Å². The van der Waals surface area contributed by atoms with E-state index in [1.807, 2.05) is 13.8 Å². The first kappa shape index (κ1) is 19.2. The van der Waals surface area contributed by atoms with Crippen molar-refractivity contribution in [2.45, 2.75) is 78.8 Å². The normalized spacial score (nSPS) is 32.2. The van der Waals surface area contributed by atoms with E-state index in [0.29, 0.717) is 5.41 Å². The van der Waals surface area contributed by atoms with Gasteiger partial charge in [-0.1, -0.05) is 27.7 Å². The van der Waals surface area contributed by atoms with E-state index in [0.717, 1.165) is 12.1 Å². The summed E-state index contributed by atoms with van der Waals surface area (Å²) in [6.45, 7) is 20.4. The number of piperidine rings is 1. The van der Waals surface area contributed by atoms with Crippen LogP contribution in [0.4, 0.5) is 0 Å². The van der Waals surface area contributed by atoms with Crippen LogP contribution < -0.4 is 0 Å². The lowest BCUT2D eigenvalue weighted by atomic mass is 9.86. The molecule has 3 heterocycles. The van der Waals surface area contributed by atoms with Crippen molar-refractivity contribution in [3.8, 4) is 0 Å². The smallest absolute Gasteiger partial charge is 0.0120 e. The first-order valence-corrected chi connectivity index (χ1v) is 10.4. The second-order valence-corrected chi connectivity index (χ2v) is 7.86. The maximum Gasteiger partial charge on any atom is 0.0120 e. The van der Waals surface area contributed by atoms with Crippen molar-refractivity contribution in [2.24, 2.45) is 5.41 Å². The van der Waals surface area contributed by atoms with E-state index in [1.165, 1.54) is 77.9 Å². The molecule has 3 nitrogen and oxygen atoms in total. The van der Waals surface area contributed by atoms with Crippen molar-refractivity contribution in [1.82, 2.24) is 14.7 Å². The number of hydrogen-bond donors (Lipinski definition) is 0. The molecule has 3 aliphatic heterocycles. The Balaban J connectivity index is 0.000000924. The summed E-state index contributed by atoms with van der Waals surface area (Å²) in [6.07, 6.45) is 7.00. The molecule has 3 saturated heterocycles. The Morgan fingerprint density at radius 3 is 2.17 bits per heavy atom. The Hall–Kier alpha value is -0.120. The highest BCUT2D eigenvalue weighted by Crippen LogP contribution is 2.41. The van der Waals surface area contributed by atoms with Gasteiger partial charge in [-0.05, 0) is 77.2 Å². The number of hydrogen-bond acceptors (Lipinski definition) is 3. The molecular weight excluding hydrogens is 282 g/mol. The lowest BCUT2D eigenvalue weighted by Gasteiger charge is -2.39. The molecule has 0 saturated carbocycles. The SMILES string of the molecule is CC.CCC(C)N1CCC(N2CCC3(CCN(CC)C3)C2)CC1. The van der Waals surface area contributed by atoms with Crippen molar-refractivity contribution in [3.05, 3.63) is 0 Å². The Morgan fingerprint density at radius 1 is 0.957 bits per heavy atom. The van der Waals surface area contributed by atoms with Gasteiger partial charge < -0.3 is 9.80 Å². The topological polar surface area (TPSA) is 9.72 Å². The zero-order valence-electron chi connectivity index (χ0n) is 16.5. The van der Waals surface area contributed by atoms with Gasteiger partial charge >= 0.3 is 0 Å². The van der Waals surface area contributed by atoms with Crippen LogP contribution >= 0.6 is 0 Å². The predicted octanol–water partition coefficient (Wildman–Crippen LogP) is 3.69. The van der Waals surface area contributed by atoms with Crippen LogP contribution in [-0.2, 0) is 0 Å². The standard InChI is InChI=1S/C18H35N3.C2H6/c1-4-16(3)20-10-6-17(7-11-20)21-13-9-18(15-21)8-12-19(5-2)14-18;1-2/h16-17H,4-15H2,1-3H3;1-2H3. The van der Waals surface area contributed by atoms with Crippen molar-refractivity contribution < 1.29 is 0 Å². The first-order chi connectivity index (χ1) is 11.2. The fraction of sp³-hybridized carbons (Fsp3) is 1.00. The van der Waals surface area contributed by atoms with Gasteiger partial charge in [0.1, 0.15) is 0 Å². The molecular formula is C20H41N3. The third-order valence-electron chi connectivity index (χ3n) is 6.66. The summed E-state index contributed by atoms with van der Waals surface area (Å²) in [4.78, 5) is 8.22. The molecule has 3 rings (SSSR count). The quantitative estimate of drug-likeness (QED) is 0.781. The maximum absolute atomic E-state index is 2.85. The molecule has 2 unspecified atom stereocenters. The molecule has 23 heavy (non-hydrogen) atoms. The molecule has 136 valence electrons. The average molecular weight is 324 g/mol. The molecule has 0 radical (unpaired) electrons. The van der Waals surface area contributed by atoms with Gasteiger partial charge in [0.15, 0.2) is 0 Å². The lowest BCUT2D eigenvalue weighted by molar-refractivity contribution is 0.0928. The molecule has 0 aromatic carbocycles. The molecule has 0 aliphatic carbocycles. The van der Waals surface area contributed by atoms with Crippen LogP contribution in [0, 0.1) is 5.41 Å². The van der Waals surface area contributed by atoms with E-state index in [2.05, 4.69) is 35.5 Å². The molecule has 0 N–H and O–H groups in total. The average Bonchev–Trinajstić information content (AvgIpc) is 3.23. The molecule has 3 fully saturated rings. The van der Waals surface area contributed by atoms with Crippen LogP contribution in [0.1, 0.15) is 66.7 Å². The fourth-order valence-corrected chi connectivity index (χ4v) is 4.86. The summed E-state index contributed by atoms with van der Waals surface area (Å²) in [5.41, 5.74) is 0.657. The second kappa shape index (κ2) is 8.82. The van der Waals surface area contributed by atoms with Crippen LogP contribution in [0.25, 0.3) is 0 Å². The summed E-state index contributed by atoms with van der Waals surface area (Å²) in [5, 5.41) is 0. The van der Waals surface area contributed by atoms with Gasteiger partial charge in [-0.15, -0.1) is 0 Å². The number of nitrogens with zero attached hydrogens (tertiary/aromatic N) is 3. The maximum atomic E-state index is 2.85. The summed E-state index contributed by atoms with van der Waals surface area (Å²) in [7, 11) is 0. The molecule has 2 atom stereocenters. The van der Waals surface area contributed by atoms with Crippen LogP contribution in [0.15, 0.2) is 0 Å². The van der Waals surface area contributed by atoms with E-state index in [-0.39, 0.29) is 0 Å². The van der Waals surface area contributed by atoms with Gasteiger partial charge in [0.25, 0.3) is 0 Å². The van der Waals surface area contributed by atoms with Crippen molar-refractivity contribution in [1.29, 1.82) is 0 Å². The Kier molecular flexibility index (Phi) is 7.37. The van der Waals surface area contributed by atoms with Gasteiger partial charge in [-0.25, -0.2) is 0 Å². The van der Waals surface area contributed by atoms with E-state index in [4.69, 9.17) is 0 Å². The Labute approximate surface area is 145 Å². The largest absolute Gasteiger partial charge is 0.303 e. The molecule has 0 amide bonds. The minimum atomic E-state index is 0.657. The van der Waals surface area contributed by atoms with E-state index in [9.17, 15) is 0 Å². The van der Waals surface area contributed by atoms with Crippen molar-refractivity contribution in [3.63, 3.8) is 0 Å². The minimum absolute atomic E-state index is 0.657. The third kappa shape index (κ3) is 4.49. The highest BCUT2D eigenvalue weighted by molar-refractivity contribution is 4.99. The monoisotopic (exact) mass is 323 g/mol. The molecule has 1 spiro atoms. The van der Waals surface area contributed by atoms with E-state index in [1.54, 1.807) is 0 Å². The van der Waals surface area contributed by atoms with Gasteiger partial charge in [-0.3, -0.25) is 4.90 Å². The minimum Gasteiger partial charge on any atom is -0.303 e. The second-order valence-electron chi connectivity index (χ2n) is 7.86. The number of likely N-dealkylation sites (tertiary alicyclic amines) is 3. The first-order valence-electron chi connectivity index (χ1n) is 10.4. The van der Waals surface area contributed by atoms with Crippen LogP contribution in [0.5, 0.6) is 0 Å². The highest BCUT2D eigenvalue weighted by atomic mass is 15.3. The predicted molar refractivity (Wildman–Crippen MR) is 101 cm³/mol. The van der Waals surface area contributed by atoms with Crippen molar-refractivity contribution >= 4 is 0 Å². The van der Waals surface area contributed by atoms with Gasteiger partial charge in [0.05, 0.1) is 0 Å². The molecule has 0 aromatic heterocycles. The summed E-state index contributed by atoms with van der Waals surface area (Å²) < 4.78 is 0. The van der Waals surface area contributed by atoms with Gasteiger partial charge in [0, 0.05) is 25.2 Å². The summed E-state index contributed by atoms with van der Waals surface area (Å²) in [5.74, 6) is 0. The van der Waals surface area contributed by atoms with Gasteiger partial charge in [0.2, 0.25) is 0 Å². The summed E-state index contributed by atoms with van der Waals surface area (Å²) in [6, 6.07) is 1.66. The van der Waals surface area contributed by atoms with E-state index >= 15 is 0 Å². The Bertz CT molecular complexity index is 338. The molecule has 3 aliphatic rings. The zero-order chi connectivity index (χ0) is 16.9. The number of rotatable bonds is 4. The Morgan fingerprint density at radius 2 is 1.61 bits per heavy atom. The molecule has 3 heteroatoms. The lowest BCUT2D eigenvalue weighted by Crippen LogP contribution is -2.47.